The van der Waals surface area contributed by atoms with E-state index in [1.54, 1.807) is 12.3 Å². The van der Waals surface area contributed by atoms with Crippen molar-refractivity contribution in [1.29, 1.82) is 0 Å². The van der Waals surface area contributed by atoms with Gasteiger partial charge in [-0.1, -0.05) is 69.0 Å². The molecule has 0 unspecified atom stereocenters. The molecule has 0 saturated carbocycles. The van der Waals surface area contributed by atoms with Crippen LogP contribution in [0.5, 0.6) is 5.75 Å². The fourth-order valence-electron chi connectivity index (χ4n) is 3.04. The number of hydrogen-bond acceptors (Lipinski definition) is 2. The minimum absolute atomic E-state index is 0.460. The summed E-state index contributed by atoms with van der Waals surface area (Å²) < 4.78 is 18.8. The summed E-state index contributed by atoms with van der Waals surface area (Å²) in [5.41, 5.74) is 4.22. The smallest absolute Gasteiger partial charge is 0.212 e. The lowest BCUT2D eigenvalue weighted by Gasteiger charge is -2.08. The van der Waals surface area contributed by atoms with E-state index in [-0.39, 0.29) is 0 Å². The van der Waals surface area contributed by atoms with Gasteiger partial charge in [-0.3, -0.25) is 0 Å². The molecule has 0 saturated heterocycles. The molecule has 1 aromatic heterocycles. The normalized spacial score (nSPS) is 10.7. The lowest BCUT2D eigenvalue weighted by atomic mass is 10.0. The summed E-state index contributed by atoms with van der Waals surface area (Å²) in [6, 6.07) is 19.6. The van der Waals surface area contributed by atoms with Crippen LogP contribution in [0.25, 0.3) is 22.3 Å². The van der Waals surface area contributed by atoms with E-state index in [1.165, 1.54) is 31.7 Å². The molecule has 0 spiro atoms. The molecule has 0 aliphatic heterocycles. The average Bonchev–Trinajstić information content (AvgIpc) is 2.72. The molecule has 27 heavy (non-hydrogen) atoms. The van der Waals surface area contributed by atoms with Crippen LogP contribution in [0.4, 0.5) is 4.39 Å². The van der Waals surface area contributed by atoms with E-state index >= 15 is 0 Å². The van der Waals surface area contributed by atoms with Crippen molar-refractivity contribution in [3.8, 4) is 28.0 Å². The number of nitrogens with zero attached hydrogens (tertiary/aromatic N) is 1. The van der Waals surface area contributed by atoms with Gasteiger partial charge in [0.25, 0.3) is 0 Å². The van der Waals surface area contributed by atoms with Crippen LogP contribution in [-0.4, -0.2) is 11.6 Å². The van der Waals surface area contributed by atoms with Gasteiger partial charge in [0.1, 0.15) is 5.75 Å². The molecule has 0 aliphatic carbocycles. The van der Waals surface area contributed by atoms with Crippen LogP contribution in [0.2, 0.25) is 0 Å². The van der Waals surface area contributed by atoms with Crippen LogP contribution in [0.1, 0.15) is 39.0 Å². The highest BCUT2D eigenvalue weighted by Crippen LogP contribution is 2.26. The first-order valence-corrected chi connectivity index (χ1v) is 9.71. The van der Waals surface area contributed by atoms with Crippen molar-refractivity contribution in [2.45, 2.75) is 39.0 Å². The second-order valence-electron chi connectivity index (χ2n) is 6.73. The van der Waals surface area contributed by atoms with E-state index in [0.717, 1.165) is 41.0 Å². The highest BCUT2D eigenvalue weighted by Gasteiger charge is 2.02. The van der Waals surface area contributed by atoms with Crippen LogP contribution in [0.15, 0.2) is 66.9 Å². The first-order valence-electron chi connectivity index (χ1n) is 9.71. The number of hydrogen-bond donors (Lipinski definition) is 0. The van der Waals surface area contributed by atoms with Gasteiger partial charge in [-0.25, -0.2) is 4.98 Å². The third kappa shape index (κ3) is 5.65. The summed E-state index contributed by atoms with van der Waals surface area (Å²) in [7, 11) is 0. The van der Waals surface area contributed by atoms with E-state index in [9.17, 15) is 4.39 Å². The van der Waals surface area contributed by atoms with Crippen molar-refractivity contribution >= 4 is 0 Å². The monoisotopic (exact) mass is 363 g/mol. The first kappa shape index (κ1) is 19.1. The molecular formula is C24H26FNO. The van der Waals surface area contributed by atoms with Crippen LogP contribution < -0.4 is 4.74 Å². The Morgan fingerprint density at radius 3 is 1.85 bits per heavy atom. The van der Waals surface area contributed by atoms with E-state index in [0.29, 0.717) is 0 Å². The predicted molar refractivity (Wildman–Crippen MR) is 109 cm³/mol. The average molecular weight is 363 g/mol. The minimum Gasteiger partial charge on any atom is -0.494 e. The van der Waals surface area contributed by atoms with Crippen LogP contribution in [0.3, 0.4) is 0 Å². The number of ether oxygens (including phenoxy) is 1. The van der Waals surface area contributed by atoms with Crippen molar-refractivity contribution in [2.75, 3.05) is 6.61 Å². The Morgan fingerprint density at radius 1 is 0.704 bits per heavy atom. The molecule has 0 atom stereocenters. The van der Waals surface area contributed by atoms with Gasteiger partial charge in [0.2, 0.25) is 5.95 Å². The molecule has 0 N–H and O–H groups in total. The first-order chi connectivity index (χ1) is 13.3. The summed E-state index contributed by atoms with van der Waals surface area (Å²) in [5.74, 6) is 0.460. The molecule has 3 rings (SSSR count). The number of pyridine rings is 1. The van der Waals surface area contributed by atoms with Crippen LogP contribution >= 0.6 is 0 Å². The van der Waals surface area contributed by atoms with Crippen molar-refractivity contribution < 1.29 is 9.13 Å². The summed E-state index contributed by atoms with van der Waals surface area (Å²) in [4.78, 5) is 3.71. The third-order valence-electron chi connectivity index (χ3n) is 4.65. The Morgan fingerprint density at radius 2 is 1.26 bits per heavy atom. The van der Waals surface area contributed by atoms with Gasteiger partial charge in [-0.05, 0) is 47.4 Å². The summed E-state index contributed by atoms with van der Waals surface area (Å²) in [5, 5.41) is 0. The fraction of sp³-hybridized carbons (Fsp3) is 0.292. The van der Waals surface area contributed by atoms with Gasteiger partial charge in [-0.2, -0.15) is 4.39 Å². The zero-order valence-corrected chi connectivity index (χ0v) is 15.8. The number of aromatic nitrogens is 1. The Labute approximate surface area is 161 Å². The second-order valence-corrected chi connectivity index (χ2v) is 6.73. The Kier molecular flexibility index (Phi) is 6.97. The maximum absolute atomic E-state index is 12.9. The van der Waals surface area contributed by atoms with Crippen LogP contribution in [-0.2, 0) is 0 Å². The zero-order chi connectivity index (χ0) is 18.9. The van der Waals surface area contributed by atoms with E-state index in [4.69, 9.17) is 4.74 Å². The molecule has 1 heterocycles. The van der Waals surface area contributed by atoms with Crippen molar-refractivity contribution in [3.05, 3.63) is 72.8 Å². The largest absolute Gasteiger partial charge is 0.494 e. The van der Waals surface area contributed by atoms with E-state index < -0.39 is 5.95 Å². The lowest BCUT2D eigenvalue weighted by Crippen LogP contribution is -1.97. The van der Waals surface area contributed by atoms with Crippen molar-refractivity contribution in [3.63, 3.8) is 0 Å². The van der Waals surface area contributed by atoms with Gasteiger partial charge in [0.05, 0.1) is 6.61 Å². The molecule has 2 aromatic carbocycles. The molecule has 2 nitrogen and oxygen atoms in total. The Bertz CT molecular complexity index is 811. The summed E-state index contributed by atoms with van der Waals surface area (Å²) >= 11 is 0. The molecule has 0 amide bonds. The zero-order valence-electron chi connectivity index (χ0n) is 15.8. The van der Waals surface area contributed by atoms with Gasteiger partial charge in [0.15, 0.2) is 0 Å². The lowest BCUT2D eigenvalue weighted by molar-refractivity contribution is 0.304. The van der Waals surface area contributed by atoms with Crippen LogP contribution in [0, 0.1) is 5.95 Å². The molecule has 3 heteroatoms. The number of rotatable bonds is 9. The predicted octanol–water partition coefficient (Wildman–Crippen LogP) is 6.90. The third-order valence-corrected chi connectivity index (χ3v) is 4.65. The van der Waals surface area contributed by atoms with Crippen molar-refractivity contribution in [2.24, 2.45) is 0 Å². The number of benzene rings is 2. The second kappa shape index (κ2) is 9.86. The summed E-state index contributed by atoms with van der Waals surface area (Å²) in [6.07, 6.45) is 7.78. The molecule has 0 fully saturated rings. The topological polar surface area (TPSA) is 22.1 Å². The van der Waals surface area contributed by atoms with Crippen molar-refractivity contribution in [1.82, 2.24) is 4.98 Å². The fourth-order valence-corrected chi connectivity index (χ4v) is 3.04. The Hall–Kier alpha value is -2.68. The molecule has 0 aliphatic rings. The molecule has 140 valence electrons. The minimum atomic E-state index is -0.460. The van der Waals surface area contributed by atoms with Gasteiger partial charge in [-0.15, -0.1) is 0 Å². The standard InChI is InChI=1S/C24H26FNO/c1-2-3-4-5-6-17-27-23-14-11-20(12-15-23)19-7-9-21(10-8-19)22-13-16-24(25)26-18-22/h7-16,18H,2-6,17H2,1H3. The molecular weight excluding hydrogens is 337 g/mol. The maximum atomic E-state index is 12.9. The number of halogens is 1. The Balaban J connectivity index is 1.56. The van der Waals surface area contributed by atoms with E-state index in [2.05, 4.69) is 36.2 Å². The summed E-state index contributed by atoms with van der Waals surface area (Å²) in [6.45, 7) is 3.01. The van der Waals surface area contributed by atoms with Gasteiger partial charge < -0.3 is 4.74 Å². The maximum Gasteiger partial charge on any atom is 0.212 e. The molecule has 0 radical (unpaired) electrons. The number of unbranched alkanes of at least 4 members (excludes halogenated alkanes) is 4. The SMILES string of the molecule is CCCCCCCOc1ccc(-c2ccc(-c3ccc(F)nc3)cc2)cc1. The van der Waals surface area contributed by atoms with Gasteiger partial charge >= 0.3 is 0 Å². The van der Waals surface area contributed by atoms with E-state index in [1.807, 2.05) is 24.3 Å². The van der Waals surface area contributed by atoms with Gasteiger partial charge in [0, 0.05) is 11.8 Å². The highest BCUT2D eigenvalue weighted by molar-refractivity contribution is 5.70. The molecule has 0 bridgehead atoms. The molecule has 3 aromatic rings. The quantitative estimate of drug-likeness (QED) is 0.304. The highest BCUT2D eigenvalue weighted by atomic mass is 19.1.